The van der Waals surface area contributed by atoms with E-state index >= 15 is 0 Å². The Morgan fingerprint density at radius 2 is 2.17 bits per heavy atom. The van der Waals surface area contributed by atoms with Crippen LogP contribution in [-0.4, -0.2) is 29.0 Å². The summed E-state index contributed by atoms with van der Waals surface area (Å²) < 4.78 is 0. The van der Waals surface area contributed by atoms with Crippen LogP contribution in [0.15, 0.2) is 24.3 Å². The molecule has 0 spiro atoms. The molecule has 2 unspecified atom stereocenters. The first-order valence-electron chi connectivity index (χ1n) is 5.72. The van der Waals surface area contributed by atoms with Crippen molar-refractivity contribution in [3.63, 3.8) is 0 Å². The van der Waals surface area contributed by atoms with E-state index in [1.54, 1.807) is 25.2 Å². The molecule has 96 valence electrons. The van der Waals surface area contributed by atoms with Gasteiger partial charge in [-0.3, -0.25) is 4.79 Å². The molecule has 0 fully saturated rings. The molecule has 3 N–H and O–H groups in total. The van der Waals surface area contributed by atoms with E-state index in [9.17, 15) is 9.90 Å². The fraction of sp³-hybridized carbons (Fsp3) is 0.357. The normalized spacial score (nSPS) is 13.4. The van der Waals surface area contributed by atoms with Crippen molar-refractivity contribution in [2.24, 2.45) is 5.73 Å². The first-order valence-corrected chi connectivity index (χ1v) is 5.72. The molecule has 1 rings (SSSR count). The standard InChI is InChI=1S/C14H18N2O2/c1-4-7-12(15)14(18)16(3)10(2)11-8-5-6-9-13(11)17/h1,5-6,8-10,12,17H,7,15H2,2-3H3. The highest BCUT2D eigenvalue weighted by atomic mass is 16.3. The topological polar surface area (TPSA) is 66.6 Å². The molecular weight excluding hydrogens is 228 g/mol. The third-order valence-electron chi connectivity index (χ3n) is 2.97. The number of amides is 1. The number of likely N-dealkylation sites (N-methyl/N-ethyl adjacent to an activating group) is 1. The summed E-state index contributed by atoms with van der Waals surface area (Å²) in [7, 11) is 1.65. The molecule has 0 heterocycles. The Kier molecular flexibility index (Phi) is 4.75. The average molecular weight is 246 g/mol. The summed E-state index contributed by atoms with van der Waals surface area (Å²) in [6, 6.07) is 5.95. The molecule has 0 saturated carbocycles. The fourth-order valence-corrected chi connectivity index (χ4v) is 1.72. The van der Waals surface area contributed by atoms with Crippen molar-refractivity contribution < 1.29 is 9.90 Å². The van der Waals surface area contributed by atoms with Gasteiger partial charge in [0.15, 0.2) is 0 Å². The number of phenolic OH excluding ortho intramolecular Hbond substituents is 1. The largest absolute Gasteiger partial charge is 0.508 e. The SMILES string of the molecule is C#CCC(N)C(=O)N(C)C(C)c1ccccc1O. The van der Waals surface area contributed by atoms with Gasteiger partial charge in [-0.2, -0.15) is 0 Å². The molecular formula is C14H18N2O2. The van der Waals surface area contributed by atoms with Gasteiger partial charge in [-0.05, 0) is 13.0 Å². The van der Waals surface area contributed by atoms with Gasteiger partial charge in [0.1, 0.15) is 5.75 Å². The summed E-state index contributed by atoms with van der Waals surface area (Å²) in [5, 5.41) is 9.75. The Morgan fingerprint density at radius 1 is 1.56 bits per heavy atom. The lowest BCUT2D eigenvalue weighted by atomic mass is 10.0. The summed E-state index contributed by atoms with van der Waals surface area (Å²) in [4.78, 5) is 13.5. The van der Waals surface area contributed by atoms with Crippen LogP contribution < -0.4 is 5.73 Å². The Labute approximate surface area is 107 Å². The van der Waals surface area contributed by atoms with E-state index < -0.39 is 6.04 Å². The van der Waals surface area contributed by atoms with Gasteiger partial charge in [-0.25, -0.2) is 0 Å². The smallest absolute Gasteiger partial charge is 0.240 e. The van der Waals surface area contributed by atoms with E-state index in [1.165, 1.54) is 4.90 Å². The minimum atomic E-state index is -0.701. The maximum Gasteiger partial charge on any atom is 0.240 e. The number of nitrogens with two attached hydrogens (primary N) is 1. The minimum Gasteiger partial charge on any atom is -0.508 e. The minimum absolute atomic E-state index is 0.162. The molecule has 18 heavy (non-hydrogen) atoms. The van der Waals surface area contributed by atoms with Gasteiger partial charge in [0.2, 0.25) is 5.91 Å². The highest BCUT2D eigenvalue weighted by molar-refractivity contribution is 5.82. The summed E-state index contributed by atoms with van der Waals surface area (Å²) in [5.41, 5.74) is 6.37. The van der Waals surface area contributed by atoms with Crippen LogP contribution in [0.5, 0.6) is 5.75 Å². The van der Waals surface area contributed by atoms with Crippen molar-refractivity contribution in [2.75, 3.05) is 7.05 Å². The zero-order valence-corrected chi connectivity index (χ0v) is 10.6. The number of para-hydroxylation sites is 1. The predicted octanol–water partition coefficient (Wildman–Crippen LogP) is 1.26. The Balaban J connectivity index is 2.85. The van der Waals surface area contributed by atoms with Crippen molar-refractivity contribution in [3.8, 4) is 18.1 Å². The number of rotatable bonds is 4. The van der Waals surface area contributed by atoms with Gasteiger partial charge >= 0.3 is 0 Å². The van der Waals surface area contributed by atoms with Gasteiger partial charge in [0.05, 0.1) is 12.1 Å². The summed E-state index contributed by atoms with van der Waals surface area (Å²) in [6.07, 6.45) is 5.34. The molecule has 1 amide bonds. The number of hydrogen-bond donors (Lipinski definition) is 2. The van der Waals surface area contributed by atoms with Crippen LogP contribution in [0.2, 0.25) is 0 Å². The number of aromatic hydroxyl groups is 1. The quantitative estimate of drug-likeness (QED) is 0.786. The second-order valence-corrected chi connectivity index (χ2v) is 4.20. The number of terminal acetylenes is 1. The number of nitrogens with zero attached hydrogens (tertiary/aromatic N) is 1. The summed E-state index contributed by atoms with van der Waals surface area (Å²) in [5.74, 6) is 2.30. The molecule has 4 nitrogen and oxygen atoms in total. The molecule has 0 radical (unpaired) electrons. The number of hydrogen-bond acceptors (Lipinski definition) is 3. The lowest BCUT2D eigenvalue weighted by Gasteiger charge is -2.27. The van der Waals surface area contributed by atoms with Crippen molar-refractivity contribution in [2.45, 2.75) is 25.4 Å². The van der Waals surface area contributed by atoms with Gasteiger partial charge in [-0.1, -0.05) is 18.2 Å². The first kappa shape index (κ1) is 14.1. The molecule has 0 aliphatic heterocycles. The fourth-order valence-electron chi connectivity index (χ4n) is 1.72. The number of carbonyl (C=O) groups excluding carboxylic acids is 1. The Hall–Kier alpha value is -1.99. The van der Waals surface area contributed by atoms with E-state index in [4.69, 9.17) is 12.2 Å². The zero-order chi connectivity index (χ0) is 13.7. The highest BCUT2D eigenvalue weighted by Crippen LogP contribution is 2.27. The number of phenols is 1. The van der Waals surface area contributed by atoms with Crippen LogP contribution in [-0.2, 0) is 4.79 Å². The van der Waals surface area contributed by atoms with Crippen LogP contribution in [0, 0.1) is 12.3 Å². The zero-order valence-electron chi connectivity index (χ0n) is 10.6. The van der Waals surface area contributed by atoms with Crippen LogP contribution >= 0.6 is 0 Å². The summed E-state index contributed by atoms with van der Waals surface area (Å²) in [6.45, 7) is 1.83. The molecule has 4 heteroatoms. The Morgan fingerprint density at radius 3 is 2.72 bits per heavy atom. The maximum atomic E-state index is 12.0. The number of benzene rings is 1. The Bertz CT molecular complexity index is 465. The van der Waals surface area contributed by atoms with Gasteiger partial charge < -0.3 is 15.7 Å². The van der Waals surface area contributed by atoms with E-state index in [1.807, 2.05) is 13.0 Å². The van der Waals surface area contributed by atoms with Crippen LogP contribution in [0.25, 0.3) is 0 Å². The second-order valence-electron chi connectivity index (χ2n) is 4.20. The molecule has 0 bridgehead atoms. The molecule has 0 aliphatic carbocycles. The van der Waals surface area contributed by atoms with Crippen molar-refractivity contribution >= 4 is 5.91 Å². The lowest BCUT2D eigenvalue weighted by molar-refractivity contribution is -0.133. The summed E-state index contributed by atoms with van der Waals surface area (Å²) >= 11 is 0. The van der Waals surface area contributed by atoms with Crippen molar-refractivity contribution in [1.29, 1.82) is 0 Å². The number of carbonyl (C=O) groups is 1. The average Bonchev–Trinajstić information content (AvgIpc) is 2.37. The monoisotopic (exact) mass is 246 g/mol. The van der Waals surface area contributed by atoms with Crippen LogP contribution in [0.1, 0.15) is 24.9 Å². The lowest BCUT2D eigenvalue weighted by Crippen LogP contribution is -2.42. The van der Waals surface area contributed by atoms with Crippen LogP contribution in [0.3, 0.4) is 0 Å². The molecule has 1 aromatic carbocycles. The molecule has 2 atom stereocenters. The molecule has 0 aliphatic rings. The maximum absolute atomic E-state index is 12.0. The van der Waals surface area contributed by atoms with Crippen LogP contribution in [0.4, 0.5) is 0 Å². The molecule has 1 aromatic rings. The highest BCUT2D eigenvalue weighted by Gasteiger charge is 2.23. The van der Waals surface area contributed by atoms with E-state index in [-0.39, 0.29) is 24.1 Å². The van der Waals surface area contributed by atoms with E-state index in [0.29, 0.717) is 5.56 Å². The van der Waals surface area contributed by atoms with Crippen molar-refractivity contribution in [3.05, 3.63) is 29.8 Å². The van der Waals surface area contributed by atoms with Gasteiger partial charge in [-0.15, -0.1) is 12.3 Å². The molecule has 0 saturated heterocycles. The van der Waals surface area contributed by atoms with E-state index in [0.717, 1.165) is 0 Å². The van der Waals surface area contributed by atoms with Gasteiger partial charge in [0, 0.05) is 19.0 Å². The van der Waals surface area contributed by atoms with E-state index in [2.05, 4.69) is 5.92 Å². The third-order valence-corrected chi connectivity index (χ3v) is 2.97. The van der Waals surface area contributed by atoms with Gasteiger partial charge in [0.25, 0.3) is 0 Å². The predicted molar refractivity (Wildman–Crippen MR) is 70.7 cm³/mol. The van der Waals surface area contributed by atoms with Crippen molar-refractivity contribution in [1.82, 2.24) is 4.90 Å². The molecule has 0 aromatic heterocycles. The third kappa shape index (κ3) is 3.02. The first-order chi connectivity index (χ1) is 8.49. The second kappa shape index (κ2) is 6.08.